The number of nitrogens with one attached hydrogen (secondary N) is 1. The van der Waals surface area contributed by atoms with Gasteiger partial charge in [-0.2, -0.15) is 0 Å². The number of carbonyl (C=O) groups excluding carboxylic acids is 2. The number of benzene rings is 1. The van der Waals surface area contributed by atoms with Crippen LogP contribution in [0.1, 0.15) is 32.1 Å². The van der Waals surface area contributed by atoms with Gasteiger partial charge in [0.05, 0.1) is 24.6 Å². The molecule has 2 atom stereocenters. The molecule has 1 amide bonds. The lowest BCUT2D eigenvalue weighted by molar-refractivity contribution is -0.152. The molecule has 2 fully saturated rings. The van der Waals surface area contributed by atoms with Crippen molar-refractivity contribution in [2.75, 3.05) is 25.5 Å². The minimum Gasteiger partial charge on any atom is -0.469 e. The van der Waals surface area contributed by atoms with Crippen LogP contribution in [0.5, 0.6) is 0 Å². The number of methoxy groups -OCH3 is 1. The summed E-state index contributed by atoms with van der Waals surface area (Å²) in [7, 11) is 1.38. The van der Waals surface area contributed by atoms with Gasteiger partial charge in [0, 0.05) is 19.1 Å². The number of hydrogen-bond acceptors (Lipinski definition) is 4. The van der Waals surface area contributed by atoms with Crippen LogP contribution in [0.15, 0.2) is 24.3 Å². The summed E-state index contributed by atoms with van der Waals surface area (Å²) >= 11 is 0. The number of anilines is 1. The number of rotatable bonds is 4. The maximum absolute atomic E-state index is 13.7. The highest BCUT2D eigenvalue weighted by atomic mass is 19.1. The summed E-state index contributed by atoms with van der Waals surface area (Å²) in [6.07, 6.45) is 3.92. The molecule has 0 bridgehead atoms. The Morgan fingerprint density at radius 1 is 1.12 bits per heavy atom. The van der Waals surface area contributed by atoms with Gasteiger partial charge in [-0.25, -0.2) is 4.39 Å². The topological polar surface area (TPSA) is 58.6 Å². The summed E-state index contributed by atoms with van der Waals surface area (Å²) in [6.45, 7) is 1.27. The predicted octanol–water partition coefficient (Wildman–Crippen LogP) is 2.82. The standard InChI is InChI=1S/C19H25FN2O3/c1-25-19(24)15-6-4-5-14(15)18(23)22-11-9-13(10-12-22)21-17-8-3-2-7-16(17)20/h2-3,7-8,13-15,21H,4-6,9-12H2,1H3/t14-,15-/m0/s1. The predicted molar refractivity (Wildman–Crippen MR) is 92.5 cm³/mol. The number of nitrogens with zero attached hydrogens (tertiary/aromatic N) is 1. The molecule has 2 aliphatic rings. The molecule has 1 aromatic rings. The lowest BCUT2D eigenvalue weighted by Gasteiger charge is -2.35. The van der Waals surface area contributed by atoms with Crippen LogP contribution in [0.3, 0.4) is 0 Å². The number of carbonyl (C=O) groups is 2. The van der Waals surface area contributed by atoms with Crippen molar-refractivity contribution in [2.45, 2.75) is 38.1 Å². The molecular formula is C19H25FN2O3. The van der Waals surface area contributed by atoms with Gasteiger partial charge in [-0.05, 0) is 37.8 Å². The second-order valence-corrected chi connectivity index (χ2v) is 6.89. The minimum absolute atomic E-state index is 0.0669. The van der Waals surface area contributed by atoms with E-state index in [1.807, 2.05) is 4.90 Å². The van der Waals surface area contributed by atoms with Gasteiger partial charge in [-0.15, -0.1) is 0 Å². The first-order valence-electron chi connectivity index (χ1n) is 8.98. The second kappa shape index (κ2) is 7.85. The third kappa shape index (κ3) is 3.94. The smallest absolute Gasteiger partial charge is 0.309 e. The summed E-state index contributed by atoms with van der Waals surface area (Å²) < 4.78 is 18.6. The van der Waals surface area contributed by atoms with Crippen LogP contribution in [-0.2, 0) is 14.3 Å². The molecule has 136 valence electrons. The first-order chi connectivity index (χ1) is 12.1. The lowest BCUT2D eigenvalue weighted by Crippen LogP contribution is -2.46. The van der Waals surface area contributed by atoms with Gasteiger partial charge >= 0.3 is 5.97 Å². The van der Waals surface area contributed by atoms with Crippen LogP contribution >= 0.6 is 0 Å². The highest BCUT2D eigenvalue weighted by Crippen LogP contribution is 2.34. The maximum atomic E-state index is 13.7. The molecule has 3 rings (SSSR count). The van der Waals surface area contributed by atoms with Gasteiger partial charge in [0.25, 0.3) is 0 Å². The molecule has 0 radical (unpaired) electrons. The number of piperidine rings is 1. The molecule has 1 aromatic carbocycles. The Kier molecular flexibility index (Phi) is 5.56. The Morgan fingerprint density at radius 3 is 2.48 bits per heavy atom. The van der Waals surface area contributed by atoms with E-state index in [2.05, 4.69) is 5.32 Å². The van der Waals surface area contributed by atoms with Crippen LogP contribution in [0.4, 0.5) is 10.1 Å². The third-order valence-electron chi connectivity index (χ3n) is 5.38. The van der Waals surface area contributed by atoms with Gasteiger partial charge in [0.1, 0.15) is 5.82 Å². The molecular weight excluding hydrogens is 323 g/mol. The molecule has 0 spiro atoms. The number of ether oxygens (including phenoxy) is 1. The molecule has 25 heavy (non-hydrogen) atoms. The average Bonchev–Trinajstić information content (AvgIpc) is 3.13. The third-order valence-corrected chi connectivity index (χ3v) is 5.38. The summed E-state index contributed by atoms with van der Waals surface area (Å²) in [5.41, 5.74) is 0.508. The normalized spacial score (nSPS) is 24.2. The number of amides is 1. The lowest BCUT2D eigenvalue weighted by atomic mass is 9.93. The van der Waals surface area contributed by atoms with Crippen molar-refractivity contribution in [3.63, 3.8) is 0 Å². The SMILES string of the molecule is COC(=O)[C@H]1CCC[C@@H]1C(=O)N1CCC(Nc2ccccc2F)CC1. The van der Waals surface area contributed by atoms with Crippen LogP contribution < -0.4 is 5.32 Å². The Labute approximate surface area is 147 Å². The van der Waals surface area contributed by atoms with Crippen molar-refractivity contribution in [3.05, 3.63) is 30.1 Å². The van der Waals surface area contributed by atoms with E-state index in [4.69, 9.17) is 4.74 Å². The number of likely N-dealkylation sites (tertiary alicyclic amines) is 1. The summed E-state index contributed by atoms with van der Waals surface area (Å²) in [4.78, 5) is 26.5. The number of para-hydroxylation sites is 1. The van der Waals surface area contributed by atoms with E-state index in [1.54, 1.807) is 18.2 Å². The fourth-order valence-corrected chi connectivity index (χ4v) is 3.97. The first-order valence-corrected chi connectivity index (χ1v) is 8.98. The zero-order chi connectivity index (χ0) is 17.8. The van der Waals surface area contributed by atoms with Crippen molar-refractivity contribution < 1.29 is 18.7 Å². The van der Waals surface area contributed by atoms with Crippen LogP contribution in [-0.4, -0.2) is 43.0 Å². The van der Waals surface area contributed by atoms with Crippen molar-refractivity contribution in [3.8, 4) is 0 Å². The monoisotopic (exact) mass is 348 g/mol. The number of hydrogen-bond donors (Lipinski definition) is 1. The second-order valence-electron chi connectivity index (χ2n) is 6.89. The average molecular weight is 348 g/mol. The zero-order valence-corrected chi connectivity index (χ0v) is 14.5. The van der Waals surface area contributed by atoms with Gasteiger partial charge in [0.15, 0.2) is 0 Å². The summed E-state index contributed by atoms with van der Waals surface area (Å²) in [5, 5.41) is 3.23. The molecule has 1 saturated heterocycles. The first kappa shape index (κ1) is 17.7. The van der Waals surface area contributed by atoms with E-state index in [1.165, 1.54) is 13.2 Å². The van der Waals surface area contributed by atoms with E-state index < -0.39 is 0 Å². The molecule has 1 aliphatic heterocycles. The van der Waals surface area contributed by atoms with E-state index in [0.717, 1.165) is 32.1 Å². The molecule has 1 saturated carbocycles. The molecule has 1 N–H and O–H groups in total. The molecule has 1 aliphatic carbocycles. The van der Waals surface area contributed by atoms with Gasteiger partial charge in [-0.3, -0.25) is 9.59 Å². The molecule has 6 heteroatoms. The number of esters is 1. The Balaban J connectivity index is 1.54. The van der Waals surface area contributed by atoms with E-state index in [9.17, 15) is 14.0 Å². The summed E-state index contributed by atoms with van der Waals surface area (Å²) in [6, 6.07) is 6.79. The minimum atomic E-state index is -0.299. The Bertz CT molecular complexity index is 629. The van der Waals surface area contributed by atoms with Crippen LogP contribution in [0, 0.1) is 17.7 Å². The van der Waals surface area contributed by atoms with Gasteiger partial charge < -0.3 is 15.0 Å². The maximum Gasteiger partial charge on any atom is 0.309 e. The molecule has 5 nitrogen and oxygen atoms in total. The highest BCUT2D eigenvalue weighted by Gasteiger charge is 2.40. The van der Waals surface area contributed by atoms with Crippen molar-refractivity contribution in [1.29, 1.82) is 0 Å². The Hall–Kier alpha value is -2.11. The van der Waals surface area contributed by atoms with Crippen LogP contribution in [0.25, 0.3) is 0 Å². The highest BCUT2D eigenvalue weighted by molar-refractivity contribution is 5.86. The quantitative estimate of drug-likeness (QED) is 0.850. The van der Waals surface area contributed by atoms with Gasteiger partial charge in [0.2, 0.25) is 5.91 Å². The fraction of sp³-hybridized carbons (Fsp3) is 0.579. The van der Waals surface area contributed by atoms with Crippen molar-refractivity contribution in [1.82, 2.24) is 4.90 Å². The van der Waals surface area contributed by atoms with Crippen molar-refractivity contribution >= 4 is 17.6 Å². The largest absolute Gasteiger partial charge is 0.469 e. The van der Waals surface area contributed by atoms with Crippen LogP contribution in [0.2, 0.25) is 0 Å². The van der Waals surface area contributed by atoms with E-state index in [0.29, 0.717) is 18.8 Å². The van der Waals surface area contributed by atoms with E-state index >= 15 is 0 Å². The molecule has 1 heterocycles. The van der Waals surface area contributed by atoms with E-state index in [-0.39, 0.29) is 35.6 Å². The molecule has 0 aromatic heterocycles. The van der Waals surface area contributed by atoms with Gasteiger partial charge in [-0.1, -0.05) is 18.6 Å². The van der Waals surface area contributed by atoms with Crippen molar-refractivity contribution in [2.24, 2.45) is 11.8 Å². The number of halogens is 1. The molecule has 0 unspecified atom stereocenters. The summed E-state index contributed by atoms with van der Waals surface area (Å²) in [5.74, 6) is -1.01. The zero-order valence-electron chi connectivity index (χ0n) is 14.5. The Morgan fingerprint density at radius 2 is 1.80 bits per heavy atom. The fourth-order valence-electron chi connectivity index (χ4n) is 3.97.